The maximum atomic E-state index is 11.6. The Balaban J connectivity index is 1.51. The third-order valence-corrected chi connectivity index (χ3v) is 6.73. The normalized spacial score (nSPS) is 18.2. The van der Waals surface area contributed by atoms with Crippen LogP contribution in [0.4, 0.5) is 10.5 Å². The van der Waals surface area contributed by atoms with Crippen molar-refractivity contribution in [1.82, 2.24) is 24.6 Å². The van der Waals surface area contributed by atoms with Crippen molar-refractivity contribution in [2.45, 2.75) is 32.9 Å². The molecule has 0 spiro atoms. The number of rotatable bonds is 5. The predicted molar refractivity (Wildman–Crippen MR) is 137 cm³/mol. The van der Waals surface area contributed by atoms with Gasteiger partial charge in [0, 0.05) is 61.7 Å². The SMILES string of the molecule is COCOc1c(-c2ncc3cc(N4C[C@@H](C)N(C(=O)O)[C@H](C)C4)ccc3n2)cc2cn(C)nc2c1C. The van der Waals surface area contributed by atoms with Crippen molar-refractivity contribution in [2.24, 2.45) is 7.05 Å². The van der Waals surface area contributed by atoms with Crippen LogP contribution in [-0.2, 0) is 11.8 Å². The first kappa shape index (κ1) is 23.8. The number of anilines is 1. The van der Waals surface area contributed by atoms with Crippen LogP contribution in [0.25, 0.3) is 33.2 Å². The number of methoxy groups -OCH3 is 1. The highest BCUT2D eigenvalue weighted by atomic mass is 16.7. The highest BCUT2D eigenvalue weighted by Gasteiger charge is 2.33. The molecule has 0 saturated carbocycles. The standard InChI is InChI=1S/C26H30N6O4/c1-15-11-31(12-16(2)32(15)26(33)34)20-6-7-22-18(8-20)10-27-25(28-22)21-9-19-13-30(4)29-23(19)17(3)24(21)36-14-35-5/h6-10,13,15-16H,11-12,14H2,1-5H3,(H,33,34)/t15-,16-/m1/s1. The Labute approximate surface area is 209 Å². The molecule has 1 N–H and O–H groups in total. The second kappa shape index (κ2) is 9.27. The Morgan fingerprint density at radius 2 is 1.92 bits per heavy atom. The Morgan fingerprint density at radius 3 is 2.61 bits per heavy atom. The molecule has 36 heavy (non-hydrogen) atoms. The second-order valence-corrected chi connectivity index (χ2v) is 9.40. The average Bonchev–Trinajstić information content (AvgIpc) is 3.22. The summed E-state index contributed by atoms with van der Waals surface area (Å²) in [6.07, 6.45) is 2.91. The summed E-state index contributed by atoms with van der Waals surface area (Å²) in [7, 11) is 3.48. The van der Waals surface area contributed by atoms with Gasteiger partial charge in [-0.3, -0.25) is 9.58 Å². The lowest BCUT2D eigenvalue weighted by molar-refractivity contribution is 0.0511. The van der Waals surface area contributed by atoms with Crippen LogP contribution >= 0.6 is 0 Å². The minimum absolute atomic E-state index is 0.100. The smallest absolute Gasteiger partial charge is 0.407 e. The number of carboxylic acid groups (broad SMARTS) is 1. The number of ether oxygens (including phenoxy) is 2. The van der Waals surface area contributed by atoms with Gasteiger partial charge in [-0.25, -0.2) is 14.8 Å². The number of piperazine rings is 1. The molecule has 2 aromatic carbocycles. The zero-order chi connectivity index (χ0) is 25.6. The molecule has 2 aromatic heterocycles. The maximum Gasteiger partial charge on any atom is 0.407 e. The van der Waals surface area contributed by atoms with Gasteiger partial charge in [0.05, 0.1) is 28.7 Å². The summed E-state index contributed by atoms with van der Waals surface area (Å²) in [5, 5.41) is 16.0. The van der Waals surface area contributed by atoms with Crippen LogP contribution in [0.5, 0.6) is 5.75 Å². The van der Waals surface area contributed by atoms with E-state index in [0.717, 1.165) is 38.6 Å². The number of nitrogens with zero attached hydrogens (tertiary/aromatic N) is 6. The lowest BCUT2D eigenvalue weighted by atomic mass is 10.0. The lowest BCUT2D eigenvalue weighted by Crippen LogP contribution is -2.58. The van der Waals surface area contributed by atoms with E-state index in [4.69, 9.17) is 14.5 Å². The van der Waals surface area contributed by atoms with Crippen LogP contribution in [0.1, 0.15) is 19.4 Å². The van der Waals surface area contributed by atoms with Crippen molar-refractivity contribution in [3.63, 3.8) is 0 Å². The van der Waals surface area contributed by atoms with Crippen LogP contribution in [0, 0.1) is 6.92 Å². The highest BCUT2D eigenvalue weighted by molar-refractivity contribution is 5.91. The molecule has 1 saturated heterocycles. The fraction of sp³-hybridized carbons (Fsp3) is 0.385. The number of carbonyl (C=O) groups is 1. The topological polar surface area (TPSA) is 106 Å². The second-order valence-electron chi connectivity index (χ2n) is 9.40. The Hall–Kier alpha value is -3.92. The van der Waals surface area contributed by atoms with E-state index in [1.807, 2.05) is 58.4 Å². The number of aryl methyl sites for hydroxylation is 2. The molecule has 10 heteroatoms. The molecule has 4 aromatic rings. The number of hydrogen-bond donors (Lipinski definition) is 1. The molecule has 10 nitrogen and oxygen atoms in total. The number of fused-ring (bicyclic) bond motifs is 2. The summed E-state index contributed by atoms with van der Waals surface area (Å²) in [4.78, 5) is 24.9. The predicted octanol–water partition coefficient (Wildman–Crippen LogP) is 4.05. The Bertz CT molecular complexity index is 1440. The molecule has 0 aliphatic carbocycles. The molecule has 1 aliphatic rings. The van der Waals surface area contributed by atoms with E-state index < -0.39 is 6.09 Å². The molecule has 3 heterocycles. The average molecular weight is 491 g/mol. The molecule has 1 amide bonds. The first-order valence-corrected chi connectivity index (χ1v) is 11.9. The summed E-state index contributed by atoms with van der Waals surface area (Å²) in [5.74, 6) is 1.21. The van der Waals surface area contributed by atoms with Crippen LogP contribution < -0.4 is 9.64 Å². The lowest BCUT2D eigenvalue weighted by Gasteiger charge is -2.43. The number of hydrogen-bond acceptors (Lipinski definition) is 7. The summed E-state index contributed by atoms with van der Waals surface area (Å²) in [6, 6.07) is 7.88. The largest absolute Gasteiger partial charge is 0.466 e. The maximum absolute atomic E-state index is 11.6. The molecular formula is C26H30N6O4. The zero-order valence-electron chi connectivity index (χ0n) is 21.1. The van der Waals surface area contributed by atoms with Crippen LogP contribution in [-0.4, -0.2) is 74.9 Å². The fourth-order valence-electron chi connectivity index (χ4n) is 5.16. The summed E-state index contributed by atoms with van der Waals surface area (Å²) in [5.41, 5.74) is 4.39. The quantitative estimate of drug-likeness (QED) is 0.418. The molecule has 1 fully saturated rings. The Kier molecular flexibility index (Phi) is 6.13. The van der Waals surface area contributed by atoms with Gasteiger partial charge >= 0.3 is 6.09 Å². The highest BCUT2D eigenvalue weighted by Crippen LogP contribution is 2.37. The summed E-state index contributed by atoms with van der Waals surface area (Å²) >= 11 is 0. The van der Waals surface area contributed by atoms with Gasteiger partial charge in [0.15, 0.2) is 12.6 Å². The van der Waals surface area contributed by atoms with E-state index in [2.05, 4.69) is 21.0 Å². The molecule has 0 bridgehead atoms. The molecule has 2 atom stereocenters. The minimum Gasteiger partial charge on any atom is -0.466 e. The number of aromatic nitrogens is 4. The number of benzene rings is 2. The van der Waals surface area contributed by atoms with Crippen LogP contribution in [0.2, 0.25) is 0 Å². The van der Waals surface area contributed by atoms with Gasteiger partial charge in [-0.1, -0.05) is 0 Å². The third-order valence-electron chi connectivity index (χ3n) is 6.73. The minimum atomic E-state index is -0.873. The molecule has 5 rings (SSSR count). The third kappa shape index (κ3) is 4.17. The van der Waals surface area contributed by atoms with Crippen LogP contribution in [0.3, 0.4) is 0 Å². The van der Waals surface area contributed by atoms with Gasteiger partial charge < -0.3 is 19.5 Å². The van der Waals surface area contributed by atoms with Crippen molar-refractivity contribution in [1.29, 1.82) is 0 Å². The number of amides is 1. The Morgan fingerprint density at radius 1 is 1.17 bits per heavy atom. The van der Waals surface area contributed by atoms with Crippen molar-refractivity contribution in [2.75, 3.05) is 31.9 Å². The van der Waals surface area contributed by atoms with Crippen molar-refractivity contribution in [3.05, 3.63) is 42.2 Å². The van der Waals surface area contributed by atoms with E-state index in [1.165, 1.54) is 4.90 Å². The van der Waals surface area contributed by atoms with Crippen molar-refractivity contribution < 1.29 is 19.4 Å². The molecular weight excluding hydrogens is 460 g/mol. The van der Waals surface area contributed by atoms with Gasteiger partial charge in [-0.05, 0) is 45.0 Å². The van der Waals surface area contributed by atoms with Crippen LogP contribution in [0.15, 0.2) is 36.7 Å². The van der Waals surface area contributed by atoms with Gasteiger partial charge in [-0.15, -0.1) is 0 Å². The summed E-state index contributed by atoms with van der Waals surface area (Å²) in [6.45, 7) is 7.23. The van der Waals surface area contributed by atoms with E-state index in [1.54, 1.807) is 11.8 Å². The van der Waals surface area contributed by atoms with Gasteiger partial charge in [-0.2, -0.15) is 5.10 Å². The molecule has 1 aliphatic heterocycles. The molecule has 188 valence electrons. The van der Waals surface area contributed by atoms with E-state index in [9.17, 15) is 9.90 Å². The molecule has 0 unspecified atom stereocenters. The monoisotopic (exact) mass is 490 g/mol. The van der Waals surface area contributed by atoms with Gasteiger partial charge in [0.2, 0.25) is 0 Å². The molecule has 0 radical (unpaired) electrons. The van der Waals surface area contributed by atoms with Gasteiger partial charge in [0.1, 0.15) is 5.75 Å². The van der Waals surface area contributed by atoms with E-state index in [-0.39, 0.29) is 18.9 Å². The first-order valence-electron chi connectivity index (χ1n) is 11.9. The van der Waals surface area contributed by atoms with Crippen molar-refractivity contribution in [3.8, 4) is 17.1 Å². The van der Waals surface area contributed by atoms with E-state index >= 15 is 0 Å². The summed E-state index contributed by atoms with van der Waals surface area (Å²) < 4.78 is 12.9. The van der Waals surface area contributed by atoms with E-state index in [0.29, 0.717) is 24.7 Å². The first-order chi connectivity index (χ1) is 17.3. The zero-order valence-corrected chi connectivity index (χ0v) is 21.1. The van der Waals surface area contributed by atoms with Gasteiger partial charge in [0.25, 0.3) is 0 Å². The van der Waals surface area contributed by atoms with Crippen molar-refractivity contribution >= 4 is 33.6 Å². The fourth-order valence-corrected chi connectivity index (χ4v) is 5.16.